The number of rotatable bonds is 3. The largest absolute Gasteiger partial charge is 0.265 e. The molecule has 0 saturated carbocycles. The molecule has 0 spiro atoms. The molecule has 0 amide bonds. The van der Waals surface area contributed by atoms with Gasteiger partial charge in [-0.3, -0.25) is 4.99 Å². The Morgan fingerprint density at radius 1 is 1.44 bits per heavy atom. The van der Waals surface area contributed by atoms with Gasteiger partial charge in [0.25, 0.3) is 0 Å². The highest BCUT2D eigenvalue weighted by molar-refractivity contribution is 5.32. The minimum Gasteiger partial charge on any atom is -0.265 e. The maximum atomic E-state index is 3.60. The second-order valence-electron chi connectivity index (χ2n) is 1.53. The van der Waals surface area contributed by atoms with Crippen molar-refractivity contribution >= 4 is 6.72 Å². The Bertz CT molecular complexity index is 152. The summed E-state index contributed by atoms with van der Waals surface area (Å²) in [7, 11) is 0. The minimum atomic E-state index is 0.688. The zero-order valence-electron chi connectivity index (χ0n) is 5.67. The van der Waals surface area contributed by atoms with E-state index >= 15 is 0 Å². The first-order chi connectivity index (χ1) is 4.31. The fourth-order valence-corrected chi connectivity index (χ4v) is 0.330. The summed E-state index contributed by atoms with van der Waals surface area (Å²) in [6.45, 7) is 8.86. The van der Waals surface area contributed by atoms with Crippen LogP contribution in [0, 0.1) is 0 Å². The van der Waals surface area contributed by atoms with Gasteiger partial charge in [-0.05, 0) is 19.7 Å². The van der Waals surface area contributed by atoms with Crippen LogP contribution in [0.3, 0.4) is 0 Å². The fraction of sp³-hybridized carbons (Fsp3) is 0.125. The van der Waals surface area contributed by atoms with Crippen LogP contribution >= 0.6 is 0 Å². The van der Waals surface area contributed by atoms with Crippen molar-refractivity contribution in [1.82, 2.24) is 0 Å². The molecule has 0 aliphatic heterocycles. The van der Waals surface area contributed by atoms with Gasteiger partial charge in [0.05, 0.1) is 5.70 Å². The van der Waals surface area contributed by atoms with Crippen molar-refractivity contribution in [3.8, 4) is 0 Å². The van der Waals surface area contributed by atoms with Gasteiger partial charge in [-0.15, -0.1) is 0 Å². The van der Waals surface area contributed by atoms with Gasteiger partial charge in [0.15, 0.2) is 0 Å². The molecule has 0 aliphatic carbocycles. The highest BCUT2D eigenvalue weighted by Gasteiger charge is 1.72. The molecule has 0 atom stereocenters. The average Bonchev–Trinajstić information content (AvgIpc) is 1.89. The summed E-state index contributed by atoms with van der Waals surface area (Å²) in [5.41, 5.74) is 0.688. The topological polar surface area (TPSA) is 12.4 Å². The quantitative estimate of drug-likeness (QED) is 0.401. The number of hydrogen-bond donors (Lipinski definition) is 0. The van der Waals surface area contributed by atoms with E-state index < -0.39 is 0 Å². The van der Waals surface area contributed by atoms with Crippen molar-refractivity contribution in [2.45, 2.75) is 6.92 Å². The van der Waals surface area contributed by atoms with Gasteiger partial charge < -0.3 is 0 Å². The van der Waals surface area contributed by atoms with E-state index in [2.05, 4.69) is 18.3 Å². The van der Waals surface area contributed by atoms with Crippen molar-refractivity contribution < 1.29 is 0 Å². The molecule has 0 aromatic heterocycles. The van der Waals surface area contributed by atoms with Gasteiger partial charge in [0, 0.05) is 0 Å². The molecule has 1 heteroatoms. The Kier molecular flexibility index (Phi) is 4.41. The van der Waals surface area contributed by atoms with Gasteiger partial charge in [-0.1, -0.05) is 24.8 Å². The third kappa shape index (κ3) is 4.75. The zero-order valence-corrected chi connectivity index (χ0v) is 5.67. The Balaban J connectivity index is 3.70. The molecule has 0 N–H and O–H groups in total. The lowest BCUT2D eigenvalue weighted by Gasteiger charge is -1.81. The van der Waals surface area contributed by atoms with E-state index in [1.54, 1.807) is 6.08 Å². The molecule has 0 bridgehead atoms. The van der Waals surface area contributed by atoms with Crippen LogP contribution in [-0.4, -0.2) is 6.72 Å². The maximum Gasteiger partial charge on any atom is 0.0550 e. The van der Waals surface area contributed by atoms with Crippen molar-refractivity contribution in [3.63, 3.8) is 0 Å². The molecule has 0 heterocycles. The normalized spacial score (nSPS) is 10.8. The number of aliphatic imine (C=N–C) groups is 1. The molecule has 1 nitrogen and oxygen atoms in total. The summed E-state index contributed by atoms with van der Waals surface area (Å²) in [5, 5.41) is 0. The van der Waals surface area contributed by atoms with Gasteiger partial charge in [-0.2, -0.15) is 0 Å². The molecule has 0 aromatic rings. The zero-order chi connectivity index (χ0) is 7.11. The first-order valence-corrected chi connectivity index (χ1v) is 2.76. The summed E-state index contributed by atoms with van der Waals surface area (Å²) >= 11 is 0. The van der Waals surface area contributed by atoms with E-state index in [-0.39, 0.29) is 0 Å². The van der Waals surface area contributed by atoms with Crippen LogP contribution in [0.1, 0.15) is 6.92 Å². The average molecular weight is 121 g/mol. The smallest absolute Gasteiger partial charge is 0.0550 e. The predicted molar refractivity (Wildman–Crippen MR) is 42.6 cm³/mol. The summed E-state index contributed by atoms with van der Waals surface area (Å²) in [6, 6.07) is 0. The van der Waals surface area contributed by atoms with Crippen LogP contribution in [0.25, 0.3) is 0 Å². The summed E-state index contributed by atoms with van der Waals surface area (Å²) in [5.74, 6) is 0. The second kappa shape index (κ2) is 5.04. The SMILES string of the molecule is C=NC(=C)/C=C\C=C/C. The van der Waals surface area contributed by atoms with E-state index in [1.165, 1.54) is 0 Å². The highest BCUT2D eigenvalue weighted by atomic mass is 14.7. The molecule has 0 aliphatic rings. The van der Waals surface area contributed by atoms with Crippen LogP contribution in [0.4, 0.5) is 0 Å². The maximum absolute atomic E-state index is 3.60. The van der Waals surface area contributed by atoms with Crippen molar-refractivity contribution in [1.29, 1.82) is 0 Å². The lowest BCUT2D eigenvalue weighted by Crippen LogP contribution is -1.61. The molecule has 9 heavy (non-hydrogen) atoms. The van der Waals surface area contributed by atoms with E-state index in [4.69, 9.17) is 0 Å². The third-order valence-corrected chi connectivity index (χ3v) is 0.795. The lowest BCUT2D eigenvalue weighted by atomic mass is 10.4. The Hall–Kier alpha value is -1.11. The molecule has 48 valence electrons. The van der Waals surface area contributed by atoms with Crippen molar-refractivity contribution in [2.24, 2.45) is 4.99 Å². The monoisotopic (exact) mass is 121 g/mol. The fourth-order valence-electron chi connectivity index (χ4n) is 0.330. The van der Waals surface area contributed by atoms with Crippen molar-refractivity contribution in [2.75, 3.05) is 0 Å². The van der Waals surface area contributed by atoms with E-state index in [0.29, 0.717) is 5.70 Å². The molecule has 0 saturated heterocycles. The van der Waals surface area contributed by atoms with Crippen LogP contribution in [0.5, 0.6) is 0 Å². The molecule has 0 fully saturated rings. The van der Waals surface area contributed by atoms with Gasteiger partial charge in [0.1, 0.15) is 0 Å². The predicted octanol–water partition coefficient (Wildman–Crippen LogP) is 2.33. The summed E-state index contributed by atoms with van der Waals surface area (Å²) in [4.78, 5) is 3.60. The van der Waals surface area contributed by atoms with E-state index in [1.807, 2.05) is 25.2 Å². The molecule has 0 unspecified atom stereocenters. The van der Waals surface area contributed by atoms with Gasteiger partial charge in [0.2, 0.25) is 0 Å². The standard InChI is InChI=1S/C8H11N/c1-4-5-6-7-8(2)9-3/h4-7H,2-3H2,1H3/b5-4-,7-6-. The van der Waals surface area contributed by atoms with E-state index in [0.717, 1.165) is 0 Å². The molecular weight excluding hydrogens is 110 g/mol. The Morgan fingerprint density at radius 2 is 2.11 bits per heavy atom. The van der Waals surface area contributed by atoms with E-state index in [9.17, 15) is 0 Å². The highest BCUT2D eigenvalue weighted by Crippen LogP contribution is 1.91. The molecule has 0 rings (SSSR count). The van der Waals surface area contributed by atoms with Crippen LogP contribution in [0.2, 0.25) is 0 Å². The Morgan fingerprint density at radius 3 is 2.56 bits per heavy atom. The van der Waals surface area contributed by atoms with Crippen LogP contribution < -0.4 is 0 Å². The molecule has 0 aromatic carbocycles. The first kappa shape index (κ1) is 7.89. The molecular formula is C8H11N. The summed E-state index contributed by atoms with van der Waals surface area (Å²) in [6.07, 6.45) is 7.52. The van der Waals surface area contributed by atoms with Crippen LogP contribution in [0.15, 0.2) is 41.6 Å². The number of allylic oxidation sites excluding steroid dienone is 4. The van der Waals surface area contributed by atoms with Gasteiger partial charge in [-0.25, -0.2) is 0 Å². The minimum absolute atomic E-state index is 0.688. The summed E-state index contributed by atoms with van der Waals surface area (Å²) < 4.78 is 0. The second-order valence-corrected chi connectivity index (χ2v) is 1.53. The molecule has 0 radical (unpaired) electrons. The van der Waals surface area contributed by atoms with Crippen molar-refractivity contribution in [3.05, 3.63) is 36.6 Å². The number of hydrogen-bond acceptors (Lipinski definition) is 1. The lowest BCUT2D eigenvalue weighted by molar-refractivity contribution is 1.47. The first-order valence-electron chi connectivity index (χ1n) is 2.76. The third-order valence-electron chi connectivity index (χ3n) is 0.795. The van der Waals surface area contributed by atoms with Crippen LogP contribution in [-0.2, 0) is 0 Å². The Labute approximate surface area is 56.1 Å². The number of nitrogens with zero attached hydrogens (tertiary/aromatic N) is 1. The van der Waals surface area contributed by atoms with Gasteiger partial charge >= 0.3 is 0 Å².